The fourth-order valence-electron chi connectivity index (χ4n) is 4.28. The van der Waals surface area contributed by atoms with E-state index in [1.165, 1.54) is 0 Å². The molecule has 210 valence electrons. The van der Waals surface area contributed by atoms with Crippen molar-refractivity contribution in [3.8, 4) is 22.5 Å². The number of hydrogen-bond donors (Lipinski definition) is 4. The second-order valence-electron chi connectivity index (χ2n) is 9.15. The summed E-state index contributed by atoms with van der Waals surface area (Å²) in [6.07, 6.45) is 2.50. The fraction of sp³-hybridized carbons (Fsp3) is 0.333. The zero-order chi connectivity index (χ0) is 28.5. The van der Waals surface area contributed by atoms with E-state index in [9.17, 15) is 9.59 Å². The molecule has 0 saturated heterocycles. The molecule has 0 bridgehead atoms. The molecule has 4 rings (SSSR count). The van der Waals surface area contributed by atoms with E-state index in [-0.39, 0.29) is 24.6 Å². The van der Waals surface area contributed by atoms with Crippen molar-refractivity contribution >= 4 is 36.4 Å². The number of unbranched alkanes of at least 4 members (excludes halogenated alkanes) is 1. The molecule has 1 atom stereocenters. The summed E-state index contributed by atoms with van der Waals surface area (Å²) in [5.41, 5.74) is 4.43. The second kappa shape index (κ2) is 14.1. The van der Waals surface area contributed by atoms with Crippen LogP contribution in [-0.4, -0.2) is 53.3 Å². The maximum absolute atomic E-state index is 12.6. The zero-order valence-electron chi connectivity index (χ0n) is 21.9. The zero-order valence-corrected chi connectivity index (χ0v) is 23.5. The van der Waals surface area contributed by atoms with E-state index in [0.717, 1.165) is 47.3 Å². The maximum atomic E-state index is 12.6. The van der Waals surface area contributed by atoms with Gasteiger partial charge in [0.25, 0.3) is 0 Å². The molecule has 2 aromatic carbocycles. The Hall–Kier alpha value is -3.74. The van der Waals surface area contributed by atoms with Gasteiger partial charge in [0.05, 0.1) is 5.69 Å². The number of aromatic nitrogens is 6. The Morgan fingerprint density at radius 2 is 1.93 bits per heavy atom. The van der Waals surface area contributed by atoms with Crippen molar-refractivity contribution in [2.24, 2.45) is 0 Å². The van der Waals surface area contributed by atoms with Crippen LogP contribution in [0.4, 0.5) is 0 Å². The lowest BCUT2D eigenvalue weighted by Gasteiger charge is -2.16. The molecule has 2 heterocycles. The summed E-state index contributed by atoms with van der Waals surface area (Å²) in [7, 11) is 0. The summed E-state index contributed by atoms with van der Waals surface area (Å²) < 4.78 is 10.0. The van der Waals surface area contributed by atoms with Gasteiger partial charge in [-0.2, -0.15) is 5.21 Å². The van der Waals surface area contributed by atoms with Crippen LogP contribution in [-0.2, 0) is 33.9 Å². The number of thiol groups is 1. The summed E-state index contributed by atoms with van der Waals surface area (Å²) in [6, 6.07) is 15.1. The first-order valence-corrected chi connectivity index (χ1v) is 13.7. The second-order valence-corrected chi connectivity index (χ2v) is 9.77. The molecule has 0 aliphatic heterocycles. The third-order valence-corrected chi connectivity index (χ3v) is 7.03. The number of aromatic amines is 1. The Morgan fingerprint density at radius 3 is 2.58 bits per heavy atom. The van der Waals surface area contributed by atoms with E-state index in [1.54, 1.807) is 0 Å². The van der Waals surface area contributed by atoms with E-state index >= 15 is 0 Å². The molecule has 0 fully saturated rings. The van der Waals surface area contributed by atoms with Gasteiger partial charge < -0.3 is 14.4 Å². The summed E-state index contributed by atoms with van der Waals surface area (Å²) >= 11 is 10.5. The quantitative estimate of drug-likeness (QED) is 0.124. The van der Waals surface area contributed by atoms with Crippen LogP contribution in [0, 0.1) is 0 Å². The number of benzene rings is 2. The number of tetrazole rings is 1. The van der Waals surface area contributed by atoms with Crippen molar-refractivity contribution in [3.63, 3.8) is 0 Å². The van der Waals surface area contributed by atoms with Crippen molar-refractivity contribution in [2.45, 2.75) is 58.2 Å². The molecule has 0 aliphatic rings. The number of rotatable bonds is 14. The molecule has 0 saturated carbocycles. The molecule has 13 heteroatoms. The van der Waals surface area contributed by atoms with Crippen LogP contribution in [0.5, 0.6) is 0 Å². The minimum absolute atomic E-state index is 0.0502. The number of nitrogens with one attached hydrogen (secondary N) is 2. The van der Waals surface area contributed by atoms with Crippen LogP contribution >= 0.6 is 24.4 Å². The van der Waals surface area contributed by atoms with Gasteiger partial charge in [0.2, 0.25) is 5.82 Å². The summed E-state index contributed by atoms with van der Waals surface area (Å²) in [5.74, 6) is -0.294. The predicted molar refractivity (Wildman–Crippen MR) is 153 cm³/mol. The molecule has 40 heavy (non-hydrogen) atoms. The molecule has 0 unspecified atom stereocenters. The highest BCUT2D eigenvalue weighted by Crippen LogP contribution is 2.30. The van der Waals surface area contributed by atoms with Gasteiger partial charge in [-0.25, -0.2) is 4.98 Å². The van der Waals surface area contributed by atoms with E-state index in [2.05, 4.69) is 50.1 Å². The number of esters is 1. The van der Waals surface area contributed by atoms with Gasteiger partial charge in [-0.05, 0) is 34.7 Å². The summed E-state index contributed by atoms with van der Waals surface area (Å²) in [6.45, 7) is 2.47. The Morgan fingerprint density at radius 1 is 1.18 bits per heavy atom. The molecule has 0 amide bonds. The third-order valence-electron chi connectivity index (χ3n) is 6.41. The first-order chi connectivity index (χ1) is 19.4. The lowest BCUT2D eigenvalue weighted by molar-refractivity contribution is -0.147. The SMILES string of the molecule is CCCCc1nc(Cl)c(COC(=O)[C@@H](CCC(=O)O)NS)n1Cc1ccc(-c2ccccc2-c2nn[nH]n2)cc1. The minimum atomic E-state index is -1.01. The number of H-pyrrole nitrogens is 1. The molecule has 2 aromatic heterocycles. The monoisotopic (exact) mass is 583 g/mol. The van der Waals surface area contributed by atoms with Crippen LogP contribution in [0.2, 0.25) is 5.15 Å². The number of carbonyl (C=O) groups is 2. The molecule has 0 radical (unpaired) electrons. The van der Waals surface area contributed by atoms with Gasteiger partial charge in [-0.1, -0.05) is 86.3 Å². The molecular formula is C27H30ClN7O4S. The van der Waals surface area contributed by atoms with Crippen LogP contribution in [0.1, 0.15) is 49.7 Å². The van der Waals surface area contributed by atoms with Gasteiger partial charge in [-0.15, -0.1) is 10.2 Å². The van der Waals surface area contributed by atoms with Gasteiger partial charge in [0.15, 0.2) is 5.15 Å². The lowest BCUT2D eigenvalue weighted by atomic mass is 9.98. The van der Waals surface area contributed by atoms with E-state index < -0.39 is 18.0 Å². The number of imidazole rings is 1. The van der Waals surface area contributed by atoms with Crippen molar-refractivity contribution in [2.75, 3.05) is 0 Å². The number of aryl methyl sites for hydroxylation is 1. The average molecular weight is 584 g/mol. The first kappa shape index (κ1) is 29.2. The number of carbonyl (C=O) groups excluding carboxylic acids is 1. The highest BCUT2D eigenvalue weighted by molar-refractivity contribution is 7.78. The van der Waals surface area contributed by atoms with Crippen LogP contribution in [0.15, 0.2) is 48.5 Å². The molecular weight excluding hydrogens is 554 g/mol. The van der Waals surface area contributed by atoms with Crippen molar-refractivity contribution in [1.29, 1.82) is 0 Å². The number of hydrogen-bond acceptors (Lipinski definition) is 9. The molecule has 0 spiro atoms. The van der Waals surface area contributed by atoms with Gasteiger partial charge >= 0.3 is 11.9 Å². The van der Waals surface area contributed by atoms with Crippen LogP contribution in [0.3, 0.4) is 0 Å². The average Bonchev–Trinajstić information content (AvgIpc) is 3.59. The first-order valence-electron chi connectivity index (χ1n) is 12.8. The van der Waals surface area contributed by atoms with E-state index in [0.29, 0.717) is 18.1 Å². The topological polar surface area (TPSA) is 148 Å². The number of carboxylic acids is 1. The van der Waals surface area contributed by atoms with Crippen LogP contribution < -0.4 is 4.72 Å². The van der Waals surface area contributed by atoms with Gasteiger partial charge in [-0.3, -0.25) is 14.3 Å². The smallest absolute Gasteiger partial charge is 0.324 e. The van der Waals surface area contributed by atoms with Gasteiger partial charge in [0, 0.05) is 24.9 Å². The minimum Gasteiger partial charge on any atom is -0.481 e. The van der Waals surface area contributed by atoms with E-state index in [1.807, 2.05) is 53.1 Å². The predicted octanol–water partition coefficient (Wildman–Crippen LogP) is 4.49. The normalized spacial score (nSPS) is 11.9. The Balaban J connectivity index is 1.55. The van der Waals surface area contributed by atoms with Gasteiger partial charge in [0.1, 0.15) is 18.5 Å². The summed E-state index contributed by atoms with van der Waals surface area (Å²) in [5, 5.41) is 23.6. The molecule has 0 aliphatic carbocycles. The molecule has 3 N–H and O–H groups in total. The van der Waals surface area contributed by atoms with Crippen molar-refractivity contribution < 1.29 is 19.4 Å². The number of carboxylic acid groups (broad SMARTS) is 1. The standard InChI is InChI=1S/C27H30ClN7O4S/c1-2-3-8-23-29-25(28)22(16-39-27(38)21(32-40)13-14-24(36)37)35(23)15-17-9-11-18(12-10-17)19-6-4-5-7-20(19)26-30-33-34-31-26/h4-7,9-12,21,32,40H,2-3,8,13-16H2,1H3,(H,36,37)(H,30,31,33,34)/t21-/m1/s1. The number of ether oxygens (including phenoxy) is 1. The number of aliphatic carboxylic acids is 1. The Bertz CT molecular complexity index is 1430. The number of halogens is 1. The lowest BCUT2D eigenvalue weighted by Crippen LogP contribution is -2.33. The highest BCUT2D eigenvalue weighted by Gasteiger charge is 2.23. The van der Waals surface area contributed by atoms with Crippen molar-refractivity contribution in [1.82, 2.24) is 34.9 Å². The maximum Gasteiger partial charge on any atom is 0.324 e. The highest BCUT2D eigenvalue weighted by atomic mass is 35.5. The molecule has 4 aromatic rings. The largest absolute Gasteiger partial charge is 0.481 e. The fourth-order valence-corrected chi connectivity index (χ4v) is 4.76. The Kier molecular flexibility index (Phi) is 10.3. The number of nitrogens with zero attached hydrogens (tertiary/aromatic N) is 5. The molecule has 11 nitrogen and oxygen atoms in total. The third kappa shape index (κ3) is 7.26. The Labute approximate surface area is 241 Å². The van der Waals surface area contributed by atoms with Crippen molar-refractivity contribution in [3.05, 3.63) is 70.8 Å². The summed E-state index contributed by atoms with van der Waals surface area (Å²) in [4.78, 5) is 28.1. The van der Waals surface area contributed by atoms with E-state index in [4.69, 9.17) is 21.4 Å². The van der Waals surface area contributed by atoms with Crippen LogP contribution in [0.25, 0.3) is 22.5 Å².